The van der Waals surface area contributed by atoms with Crippen molar-refractivity contribution in [2.45, 2.75) is 32.9 Å². The molecule has 2 aromatic carbocycles. The van der Waals surface area contributed by atoms with E-state index in [0.717, 1.165) is 16.0 Å². The van der Waals surface area contributed by atoms with Crippen molar-refractivity contribution in [3.8, 4) is 10.6 Å². The Hall–Kier alpha value is -2.96. The van der Waals surface area contributed by atoms with Crippen molar-refractivity contribution in [1.82, 2.24) is 9.13 Å². The predicted octanol–water partition coefficient (Wildman–Crippen LogP) is 5.73. The average molecular weight is 469 g/mol. The second-order valence-electron chi connectivity index (χ2n) is 7.73. The Morgan fingerprint density at radius 2 is 1.91 bits per heavy atom. The summed E-state index contributed by atoms with van der Waals surface area (Å²) >= 11 is 7.43. The van der Waals surface area contributed by atoms with Crippen molar-refractivity contribution < 1.29 is 9.18 Å². The summed E-state index contributed by atoms with van der Waals surface area (Å²) in [5.41, 5.74) is 2.91. The van der Waals surface area contributed by atoms with Crippen molar-refractivity contribution >= 4 is 28.7 Å². The molecule has 0 atom stereocenters. The van der Waals surface area contributed by atoms with Gasteiger partial charge in [-0.2, -0.15) is 0 Å². The number of thiophene rings is 1. The number of carbonyl (C=O) groups excluding carboxylic acids is 1. The standard InChI is InChI=1S/C25H22ClFN2O2S/c1-17-5-4-6-18(13-17)9-10-20(30)15-28-16-22(23-11-12-24(26)32-23)29(25(28)31)14-19-7-2-3-8-21(19)27/h2-8,11-13,16H,9-10,14-15H2,1H3. The topological polar surface area (TPSA) is 44.0 Å². The Labute approximate surface area is 194 Å². The van der Waals surface area contributed by atoms with Crippen LogP contribution in [0, 0.1) is 12.7 Å². The summed E-state index contributed by atoms with van der Waals surface area (Å²) in [6, 6.07) is 18.0. The van der Waals surface area contributed by atoms with Crippen molar-refractivity contribution in [1.29, 1.82) is 0 Å². The molecular weight excluding hydrogens is 447 g/mol. The lowest BCUT2D eigenvalue weighted by molar-refractivity contribution is -0.119. The van der Waals surface area contributed by atoms with Crippen molar-refractivity contribution in [2.24, 2.45) is 0 Å². The van der Waals surface area contributed by atoms with Crippen LogP contribution < -0.4 is 5.69 Å². The van der Waals surface area contributed by atoms with Gasteiger partial charge >= 0.3 is 5.69 Å². The molecular formula is C25H22ClFN2O2S. The number of rotatable bonds is 8. The molecule has 0 amide bonds. The molecule has 0 aliphatic carbocycles. The lowest BCUT2D eigenvalue weighted by atomic mass is 10.1. The van der Waals surface area contributed by atoms with E-state index in [-0.39, 0.29) is 30.4 Å². The highest BCUT2D eigenvalue weighted by molar-refractivity contribution is 7.19. The number of aryl methyl sites for hydroxylation is 2. The summed E-state index contributed by atoms with van der Waals surface area (Å²) < 4.78 is 17.7. The molecule has 0 radical (unpaired) electrons. The maximum Gasteiger partial charge on any atom is 0.329 e. The van der Waals surface area contributed by atoms with Gasteiger partial charge in [0.15, 0.2) is 5.78 Å². The number of benzene rings is 2. The zero-order chi connectivity index (χ0) is 22.7. The van der Waals surface area contributed by atoms with E-state index in [4.69, 9.17) is 11.6 Å². The summed E-state index contributed by atoms with van der Waals surface area (Å²) in [6.45, 7) is 2.06. The van der Waals surface area contributed by atoms with Crippen LogP contribution in [-0.4, -0.2) is 14.9 Å². The zero-order valence-corrected chi connectivity index (χ0v) is 19.1. The van der Waals surface area contributed by atoms with E-state index >= 15 is 0 Å². The maximum absolute atomic E-state index is 14.3. The third-order valence-corrected chi connectivity index (χ3v) is 6.53. The number of hydrogen-bond donors (Lipinski definition) is 0. The highest BCUT2D eigenvalue weighted by Gasteiger charge is 2.18. The van der Waals surface area contributed by atoms with Crippen molar-refractivity contribution in [3.63, 3.8) is 0 Å². The molecule has 164 valence electrons. The third-order valence-electron chi connectivity index (χ3n) is 5.28. The first-order chi connectivity index (χ1) is 15.4. The van der Waals surface area contributed by atoms with Gasteiger partial charge in [0.25, 0.3) is 0 Å². The van der Waals surface area contributed by atoms with E-state index in [0.29, 0.717) is 28.4 Å². The molecule has 4 aromatic rings. The minimum absolute atomic E-state index is 0.0268. The van der Waals surface area contributed by atoms with Gasteiger partial charge in [0, 0.05) is 18.2 Å². The van der Waals surface area contributed by atoms with Gasteiger partial charge in [0.2, 0.25) is 0 Å². The van der Waals surface area contributed by atoms with Crippen LogP contribution in [0.5, 0.6) is 0 Å². The SMILES string of the molecule is Cc1cccc(CCC(=O)Cn2cc(-c3ccc(Cl)s3)n(Cc3ccccc3F)c2=O)c1. The molecule has 4 rings (SSSR count). The van der Waals surface area contributed by atoms with Crippen LogP contribution in [0.3, 0.4) is 0 Å². The molecule has 0 N–H and O–H groups in total. The van der Waals surface area contributed by atoms with Gasteiger partial charge in [-0.05, 0) is 37.1 Å². The van der Waals surface area contributed by atoms with Crippen LogP contribution >= 0.6 is 22.9 Å². The molecule has 2 aromatic heterocycles. The number of ketones is 1. The highest BCUT2D eigenvalue weighted by atomic mass is 35.5. The number of nitrogens with zero attached hydrogens (tertiary/aromatic N) is 2. The van der Waals surface area contributed by atoms with Crippen LogP contribution in [0.4, 0.5) is 4.39 Å². The van der Waals surface area contributed by atoms with E-state index in [9.17, 15) is 14.0 Å². The number of halogens is 2. The average Bonchev–Trinajstić information content (AvgIpc) is 3.32. The molecule has 32 heavy (non-hydrogen) atoms. The summed E-state index contributed by atoms with van der Waals surface area (Å²) in [5.74, 6) is -0.413. The van der Waals surface area contributed by atoms with E-state index in [1.807, 2.05) is 31.2 Å². The van der Waals surface area contributed by atoms with Crippen LogP contribution in [0.25, 0.3) is 10.6 Å². The summed E-state index contributed by atoms with van der Waals surface area (Å²) in [5, 5.41) is 0. The van der Waals surface area contributed by atoms with Gasteiger partial charge in [-0.15, -0.1) is 11.3 Å². The lowest BCUT2D eigenvalue weighted by Crippen LogP contribution is -2.27. The van der Waals surface area contributed by atoms with E-state index in [1.54, 1.807) is 30.5 Å². The van der Waals surface area contributed by atoms with E-state index in [1.165, 1.54) is 26.5 Å². The summed E-state index contributed by atoms with van der Waals surface area (Å²) in [6.07, 6.45) is 2.63. The highest BCUT2D eigenvalue weighted by Crippen LogP contribution is 2.31. The minimum Gasteiger partial charge on any atom is -0.298 e. The second kappa shape index (κ2) is 9.67. The molecule has 0 spiro atoms. The van der Waals surface area contributed by atoms with Crippen LogP contribution in [-0.2, 0) is 24.3 Å². The van der Waals surface area contributed by atoms with E-state index < -0.39 is 0 Å². The zero-order valence-electron chi connectivity index (χ0n) is 17.6. The smallest absolute Gasteiger partial charge is 0.298 e. The molecule has 7 heteroatoms. The first-order valence-electron chi connectivity index (χ1n) is 10.3. The minimum atomic E-state index is -0.378. The van der Waals surface area contributed by atoms with Crippen LogP contribution in [0.1, 0.15) is 23.1 Å². The van der Waals surface area contributed by atoms with Crippen molar-refractivity contribution in [2.75, 3.05) is 0 Å². The van der Waals surface area contributed by atoms with Gasteiger partial charge < -0.3 is 0 Å². The Kier molecular flexibility index (Phi) is 6.72. The lowest BCUT2D eigenvalue weighted by Gasteiger charge is -2.07. The van der Waals surface area contributed by atoms with Gasteiger partial charge in [-0.3, -0.25) is 13.9 Å². The maximum atomic E-state index is 14.3. The van der Waals surface area contributed by atoms with E-state index in [2.05, 4.69) is 6.07 Å². The first-order valence-corrected chi connectivity index (χ1v) is 11.5. The molecule has 0 aliphatic rings. The van der Waals surface area contributed by atoms with Gasteiger partial charge in [-0.1, -0.05) is 59.6 Å². The van der Waals surface area contributed by atoms with Gasteiger partial charge in [-0.25, -0.2) is 9.18 Å². The third kappa shape index (κ3) is 5.09. The molecule has 0 fully saturated rings. The predicted molar refractivity (Wildman–Crippen MR) is 127 cm³/mol. The first kappa shape index (κ1) is 22.2. The Bertz CT molecular complexity index is 1320. The van der Waals surface area contributed by atoms with Crippen LogP contribution in [0.2, 0.25) is 4.34 Å². The molecule has 2 heterocycles. The number of carbonyl (C=O) groups is 1. The normalized spacial score (nSPS) is 11.1. The number of Topliss-reactive ketones (excluding diaryl/α,β-unsaturated/α-hetero) is 1. The Balaban J connectivity index is 1.59. The van der Waals surface area contributed by atoms with Gasteiger partial charge in [0.1, 0.15) is 5.82 Å². The molecule has 4 nitrogen and oxygen atoms in total. The number of hydrogen-bond acceptors (Lipinski definition) is 3. The molecule has 0 aliphatic heterocycles. The monoisotopic (exact) mass is 468 g/mol. The van der Waals surface area contributed by atoms with Crippen LogP contribution in [0.15, 0.2) is 71.7 Å². The number of imidazole rings is 1. The summed E-state index contributed by atoms with van der Waals surface area (Å²) in [4.78, 5) is 26.6. The molecule has 0 saturated heterocycles. The van der Waals surface area contributed by atoms with Crippen molar-refractivity contribution in [3.05, 3.63) is 104 Å². The molecule has 0 bridgehead atoms. The fraction of sp³-hybridized carbons (Fsp3) is 0.200. The largest absolute Gasteiger partial charge is 0.329 e. The van der Waals surface area contributed by atoms with Gasteiger partial charge in [0.05, 0.1) is 28.0 Å². The number of aromatic nitrogens is 2. The quantitative estimate of drug-likeness (QED) is 0.331. The molecule has 0 unspecified atom stereocenters. The fourth-order valence-corrected chi connectivity index (χ4v) is 4.72. The Morgan fingerprint density at radius 1 is 1.09 bits per heavy atom. The summed E-state index contributed by atoms with van der Waals surface area (Å²) in [7, 11) is 0. The Morgan fingerprint density at radius 3 is 2.62 bits per heavy atom. The molecule has 0 saturated carbocycles. The fourth-order valence-electron chi connectivity index (χ4n) is 3.66. The second-order valence-corrected chi connectivity index (χ2v) is 9.45.